The van der Waals surface area contributed by atoms with E-state index in [9.17, 15) is 0 Å². The van der Waals surface area contributed by atoms with Gasteiger partial charge < -0.3 is 13.9 Å². The monoisotopic (exact) mass is 868 g/mol. The number of hydrogen-bond acceptors (Lipinski definition) is 3. The van der Waals surface area contributed by atoms with Gasteiger partial charge in [-0.3, -0.25) is 0 Å². The van der Waals surface area contributed by atoms with Crippen molar-refractivity contribution in [3.05, 3.63) is 254 Å². The van der Waals surface area contributed by atoms with Gasteiger partial charge in [0.05, 0.1) is 44.6 Å². The first-order chi connectivity index (χ1) is 33.6. The van der Waals surface area contributed by atoms with Crippen LogP contribution in [0.5, 0.6) is 11.5 Å². The maximum Gasteiger partial charge on any atom is 0.160 e. The fourth-order valence-corrected chi connectivity index (χ4v) is 11.4. The zero-order chi connectivity index (χ0) is 45.1. The van der Waals surface area contributed by atoms with Crippen LogP contribution in [0.1, 0.15) is 22.3 Å². The quantitative estimate of drug-likeness (QED) is 0.156. The first kappa shape index (κ1) is 38.2. The minimum Gasteiger partial charge on any atom is -0.457 e. The van der Waals surface area contributed by atoms with E-state index >= 15 is 0 Å². The lowest BCUT2D eigenvalue weighted by atomic mass is 9.61. The predicted molar refractivity (Wildman–Crippen MR) is 279 cm³/mol. The van der Waals surface area contributed by atoms with Crippen LogP contribution < -0.4 is 4.74 Å². The molecule has 5 heterocycles. The maximum absolute atomic E-state index is 6.93. The molecule has 1 spiro atoms. The number of fused-ring (bicyclic) bond motifs is 14. The van der Waals surface area contributed by atoms with Crippen LogP contribution in [0, 0.1) is 0 Å². The highest BCUT2D eigenvalue weighted by Gasteiger charge is 2.50. The summed E-state index contributed by atoms with van der Waals surface area (Å²) in [4.78, 5) is 10.4. The molecular weight excluding hydrogens is 829 g/mol. The Kier molecular flexibility index (Phi) is 8.14. The van der Waals surface area contributed by atoms with Gasteiger partial charge in [0.15, 0.2) is 5.82 Å². The minimum absolute atomic E-state index is 0.672. The topological polar surface area (TPSA) is 44.9 Å². The molecular formula is C63H40N4O. The summed E-state index contributed by atoms with van der Waals surface area (Å²) in [7, 11) is 0. The Morgan fingerprint density at radius 2 is 1.12 bits per heavy atom. The molecule has 0 aliphatic carbocycles. The zero-order valence-electron chi connectivity index (χ0n) is 36.9. The normalized spacial score (nSPS) is 14.5. The van der Waals surface area contributed by atoms with Gasteiger partial charge >= 0.3 is 0 Å². The molecule has 1 unspecified atom stereocenters. The third-order valence-corrected chi connectivity index (χ3v) is 14.3. The molecule has 0 bridgehead atoms. The van der Waals surface area contributed by atoms with Gasteiger partial charge in [0.2, 0.25) is 0 Å². The Bertz CT molecular complexity index is 4050. The molecule has 0 saturated heterocycles. The predicted octanol–water partition coefficient (Wildman–Crippen LogP) is 15.8. The first-order valence-electron chi connectivity index (χ1n) is 23.0. The van der Waals surface area contributed by atoms with Gasteiger partial charge in [-0.1, -0.05) is 171 Å². The molecule has 0 radical (unpaired) electrons. The van der Waals surface area contributed by atoms with E-state index in [1.165, 1.54) is 38.6 Å². The lowest BCUT2D eigenvalue weighted by Gasteiger charge is -2.45. The van der Waals surface area contributed by atoms with E-state index < -0.39 is 5.41 Å². The molecule has 0 N–H and O–H groups in total. The lowest BCUT2D eigenvalue weighted by molar-refractivity contribution is 0.434. The summed E-state index contributed by atoms with van der Waals surface area (Å²) in [5.41, 5.74) is 17.3. The van der Waals surface area contributed by atoms with Gasteiger partial charge in [-0.2, -0.15) is 0 Å². The van der Waals surface area contributed by atoms with Gasteiger partial charge in [-0.25, -0.2) is 9.97 Å². The summed E-state index contributed by atoms with van der Waals surface area (Å²) in [5.74, 6) is 2.38. The van der Waals surface area contributed by atoms with Crippen LogP contribution in [0.15, 0.2) is 232 Å². The summed E-state index contributed by atoms with van der Waals surface area (Å²) >= 11 is 0. The van der Waals surface area contributed by atoms with Crippen LogP contribution in [0.4, 0.5) is 0 Å². The Hall–Kier alpha value is -9.06. The van der Waals surface area contributed by atoms with Crippen molar-refractivity contribution in [2.24, 2.45) is 0 Å². The van der Waals surface area contributed by atoms with Crippen molar-refractivity contribution >= 4 is 49.3 Å². The van der Waals surface area contributed by atoms with Crippen LogP contribution in [0.25, 0.3) is 100 Å². The van der Waals surface area contributed by atoms with Gasteiger partial charge in [0.1, 0.15) is 11.5 Å². The van der Waals surface area contributed by atoms with E-state index in [1.54, 1.807) is 0 Å². The van der Waals surface area contributed by atoms with E-state index in [4.69, 9.17) is 14.7 Å². The van der Waals surface area contributed by atoms with E-state index in [0.29, 0.717) is 5.82 Å². The van der Waals surface area contributed by atoms with Crippen molar-refractivity contribution < 1.29 is 4.74 Å². The molecule has 318 valence electrons. The van der Waals surface area contributed by atoms with Crippen molar-refractivity contribution in [2.45, 2.75) is 5.41 Å². The third-order valence-electron chi connectivity index (χ3n) is 14.3. The molecule has 0 amide bonds. The number of aromatic nitrogens is 4. The molecule has 68 heavy (non-hydrogen) atoms. The van der Waals surface area contributed by atoms with Crippen molar-refractivity contribution in [3.63, 3.8) is 0 Å². The number of benzene rings is 9. The Morgan fingerprint density at radius 3 is 1.97 bits per heavy atom. The van der Waals surface area contributed by atoms with Crippen molar-refractivity contribution in [2.75, 3.05) is 0 Å². The molecule has 14 rings (SSSR count). The summed E-state index contributed by atoms with van der Waals surface area (Å²) < 4.78 is 11.6. The summed E-state index contributed by atoms with van der Waals surface area (Å²) in [6, 6.07) is 75.9. The summed E-state index contributed by atoms with van der Waals surface area (Å²) in [6.45, 7) is 8.66. The second-order valence-electron chi connectivity index (χ2n) is 17.8. The zero-order valence-corrected chi connectivity index (χ0v) is 36.9. The number of allylic oxidation sites excluding steroid dienone is 2. The minimum atomic E-state index is -0.685. The van der Waals surface area contributed by atoms with Crippen molar-refractivity contribution in [1.82, 2.24) is 19.1 Å². The number of hydrogen-bond donors (Lipinski definition) is 0. The maximum atomic E-state index is 6.93. The Morgan fingerprint density at radius 1 is 0.471 bits per heavy atom. The number of para-hydroxylation sites is 4. The highest BCUT2D eigenvalue weighted by Crippen LogP contribution is 2.61. The molecule has 0 fully saturated rings. The van der Waals surface area contributed by atoms with E-state index in [1.807, 2.05) is 30.3 Å². The highest BCUT2D eigenvalue weighted by molar-refractivity contribution is 6.17. The molecule has 12 aromatic rings. The van der Waals surface area contributed by atoms with Gasteiger partial charge in [-0.15, -0.1) is 0 Å². The van der Waals surface area contributed by atoms with Crippen molar-refractivity contribution in [1.29, 1.82) is 0 Å². The average molecular weight is 869 g/mol. The second-order valence-corrected chi connectivity index (χ2v) is 17.8. The lowest BCUT2D eigenvalue weighted by Crippen LogP contribution is -2.37. The fourth-order valence-electron chi connectivity index (χ4n) is 11.4. The van der Waals surface area contributed by atoms with Crippen LogP contribution in [-0.2, 0) is 5.41 Å². The van der Waals surface area contributed by atoms with Crippen LogP contribution in [0.3, 0.4) is 0 Å². The van der Waals surface area contributed by atoms with Gasteiger partial charge in [0, 0.05) is 55.1 Å². The number of rotatable bonds is 6. The Balaban J connectivity index is 1.03. The Labute approximate surface area is 392 Å². The van der Waals surface area contributed by atoms with Gasteiger partial charge in [0.25, 0.3) is 0 Å². The first-order valence-corrected chi connectivity index (χ1v) is 23.0. The summed E-state index contributed by atoms with van der Waals surface area (Å²) in [5, 5.41) is 4.65. The molecule has 3 aromatic heterocycles. The second kappa shape index (κ2) is 14.5. The van der Waals surface area contributed by atoms with Crippen LogP contribution in [0.2, 0.25) is 0 Å². The van der Waals surface area contributed by atoms with Crippen molar-refractivity contribution in [3.8, 4) is 62.2 Å². The fraction of sp³-hybridized carbons (Fsp3) is 0.0159. The number of ether oxygens (including phenoxy) is 1. The molecule has 9 aromatic carbocycles. The summed E-state index contributed by atoms with van der Waals surface area (Å²) in [6.07, 6.45) is 1.83. The largest absolute Gasteiger partial charge is 0.457 e. The van der Waals surface area contributed by atoms with E-state index in [-0.39, 0.29) is 0 Å². The molecule has 5 nitrogen and oxygen atoms in total. The van der Waals surface area contributed by atoms with Crippen LogP contribution in [-0.4, -0.2) is 19.1 Å². The highest BCUT2D eigenvalue weighted by atomic mass is 16.5. The van der Waals surface area contributed by atoms with E-state index in [0.717, 1.165) is 89.3 Å². The molecule has 2 aliphatic heterocycles. The SMILES string of the molecule is C=CC(=C)n1c2ccc(-c3ccc4c(c3)C3(c5ccccc5O4)c4ccccc4-n4c5ccccc5c5cccc3c54)cc2c2c(-c3cc(-c4ccccc4)nc(-c4ccccc4)n3)cccc21. The molecule has 0 saturated carbocycles. The molecule has 2 aliphatic rings. The number of nitrogens with zero attached hydrogens (tertiary/aromatic N) is 4. The third kappa shape index (κ3) is 5.27. The molecule has 5 heteroatoms. The average Bonchev–Trinajstić information content (AvgIpc) is 3.93. The smallest absolute Gasteiger partial charge is 0.160 e. The van der Waals surface area contributed by atoms with E-state index in [2.05, 4.69) is 210 Å². The standard InChI is InChI=1S/C63H40N4O/c1-3-39(2)66-55-34-32-42(36-47(55)60-46(24-17-30-57(60)66)53-38-52(40-18-6-4-7-19-40)64-62(65-53)41-20-8-5-9-21-41)43-33-35-59-51(37-43)63(49-26-12-15-31-58(49)68-59)48-25-11-14-29-56(48)67-54-28-13-10-22-44(54)45-23-16-27-50(63)61(45)67/h3-38H,1-2H2. The van der Waals surface area contributed by atoms with Gasteiger partial charge in [-0.05, 0) is 82.9 Å². The van der Waals surface area contributed by atoms with Crippen LogP contribution >= 0.6 is 0 Å². The molecule has 1 atom stereocenters.